The Kier molecular flexibility index (Phi) is 4.79. The molecule has 1 aliphatic heterocycles. The van der Waals surface area contributed by atoms with Gasteiger partial charge in [0, 0.05) is 31.2 Å². The Balaban J connectivity index is 1.68. The highest BCUT2D eigenvalue weighted by molar-refractivity contribution is 4.86. The van der Waals surface area contributed by atoms with Crippen LogP contribution in [0.4, 0.5) is 0 Å². The van der Waals surface area contributed by atoms with Gasteiger partial charge < -0.3 is 20.2 Å². The molecule has 2 rings (SSSR count). The van der Waals surface area contributed by atoms with Gasteiger partial charge in [0.15, 0.2) is 0 Å². The third kappa shape index (κ3) is 4.21. The van der Waals surface area contributed by atoms with E-state index < -0.39 is 0 Å². The van der Waals surface area contributed by atoms with Crippen molar-refractivity contribution in [2.24, 2.45) is 0 Å². The SMILES string of the molecule is CN(CC(CO)NC1CC1)CC1CCCN1C. The molecule has 100 valence electrons. The summed E-state index contributed by atoms with van der Waals surface area (Å²) < 4.78 is 0. The molecule has 0 aromatic heterocycles. The van der Waals surface area contributed by atoms with E-state index in [9.17, 15) is 5.11 Å². The fraction of sp³-hybridized carbons (Fsp3) is 1.00. The van der Waals surface area contributed by atoms with E-state index >= 15 is 0 Å². The maximum absolute atomic E-state index is 9.36. The van der Waals surface area contributed by atoms with Crippen LogP contribution in [0.3, 0.4) is 0 Å². The van der Waals surface area contributed by atoms with E-state index in [0.717, 1.165) is 13.1 Å². The Labute approximate surface area is 105 Å². The second-order valence-electron chi connectivity index (χ2n) is 5.82. The Morgan fingerprint density at radius 3 is 2.71 bits per heavy atom. The smallest absolute Gasteiger partial charge is 0.0597 e. The minimum absolute atomic E-state index is 0.249. The number of aliphatic hydroxyl groups excluding tert-OH is 1. The molecular weight excluding hydrogens is 214 g/mol. The van der Waals surface area contributed by atoms with Crippen LogP contribution in [0, 0.1) is 0 Å². The molecule has 0 bridgehead atoms. The van der Waals surface area contributed by atoms with Crippen molar-refractivity contribution in [3.8, 4) is 0 Å². The van der Waals surface area contributed by atoms with Crippen LogP contribution >= 0.6 is 0 Å². The van der Waals surface area contributed by atoms with E-state index in [4.69, 9.17) is 0 Å². The summed E-state index contributed by atoms with van der Waals surface area (Å²) in [4.78, 5) is 4.82. The molecule has 1 heterocycles. The van der Waals surface area contributed by atoms with Crippen molar-refractivity contribution in [2.75, 3.05) is 40.3 Å². The standard InChI is InChI=1S/C13H27N3O/c1-15(9-13-4-3-7-16(13)2)8-12(10-17)14-11-5-6-11/h11-14,17H,3-10H2,1-2H3. The third-order valence-corrected chi connectivity index (χ3v) is 4.00. The van der Waals surface area contributed by atoms with Crippen molar-refractivity contribution in [3.05, 3.63) is 0 Å². The molecule has 4 heteroatoms. The van der Waals surface area contributed by atoms with Gasteiger partial charge in [0.05, 0.1) is 6.61 Å². The first-order chi connectivity index (χ1) is 8.19. The molecule has 2 atom stereocenters. The van der Waals surface area contributed by atoms with Crippen molar-refractivity contribution in [1.82, 2.24) is 15.1 Å². The highest BCUT2D eigenvalue weighted by Gasteiger charge is 2.26. The zero-order valence-electron chi connectivity index (χ0n) is 11.2. The van der Waals surface area contributed by atoms with Gasteiger partial charge in [-0.1, -0.05) is 0 Å². The number of rotatable bonds is 7. The Hall–Kier alpha value is -0.160. The Morgan fingerprint density at radius 1 is 1.41 bits per heavy atom. The number of aliphatic hydroxyl groups is 1. The molecule has 4 nitrogen and oxygen atoms in total. The van der Waals surface area contributed by atoms with Crippen molar-refractivity contribution < 1.29 is 5.11 Å². The fourth-order valence-electron chi connectivity index (χ4n) is 2.77. The van der Waals surface area contributed by atoms with Crippen LogP contribution in [0.5, 0.6) is 0 Å². The first-order valence-corrected chi connectivity index (χ1v) is 6.94. The maximum Gasteiger partial charge on any atom is 0.0597 e. The van der Waals surface area contributed by atoms with Crippen LogP contribution in [0.1, 0.15) is 25.7 Å². The third-order valence-electron chi connectivity index (χ3n) is 4.00. The number of hydrogen-bond acceptors (Lipinski definition) is 4. The molecule has 17 heavy (non-hydrogen) atoms. The second kappa shape index (κ2) is 6.14. The Bertz CT molecular complexity index is 233. The van der Waals surface area contributed by atoms with E-state index in [1.54, 1.807) is 0 Å². The van der Waals surface area contributed by atoms with Crippen molar-refractivity contribution in [1.29, 1.82) is 0 Å². The lowest BCUT2D eigenvalue weighted by Crippen LogP contribution is -2.46. The van der Waals surface area contributed by atoms with E-state index in [1.165, 1.54) is 32.2 Å². The lowest BCUT2D eigenvalue weighted by atomic mass is 10.2. The molecule has 2 aliphatic rings. The number of nitrogens with one attached hydrogen (secondary N) is 1. The van der Waals surface area contributed by atoms with Gasteiger partial charge in [-0.3, -0.25) is 0 Å². The molecule has 2 fully saturated rings. The van der Waals surface area contributed by atoms with Crippen LogP contribution in [0.25, 0.3) is 0 Å². The summed E-state index contributed by atoms with van der Waals surface area (Å²) in [5, 5.41) is 12.9. The van der Waals surface area contributed by atoms with Gasteiger partial charge in [-0.15, -0.1) is 0 Å². The summed E-state index contributed by atoms with van der Waals surface area (Å²) >= 11 is 0. The van der Waals surface area contributed by atoms with Gasteiger partial charge >= 0.3 is 0 Å². The van der Waals surface area contributed by atoms with E-state index in [0.29, 0.717) is 12.1 Å². The summed E-state index contributed by atoms with van der Waals surface area (Å²) in [6.45, 7) is 3.57. The highest BCUT2D eigenvalue weighted by atomic mass is 16.3. The monoisotopic (exact) mass is 241 g/mol. The second-order valence-corrected chi connectivity index (χ2v) is 5.82. The molecular formula is C13H27N3O. The first-order valence-electron chi connectivity index (χ1n) is 6.94. The summed E-state index contributed by atoms with van der Waals surface area (Å²) in [6, 6.07) is 1.63. The van der Waals surface area contributed by atoms with E-state index in [2.05, 4.69) is 29.2 Å². The molecule has 2 N–H and O–H groups in total. The van der Waals surface area contributed by atoms with Crippen LogP contribution in [-0.4, -0.2) is 73.4 Å². The van der Waals surface area contributed by atoms with Crippen LogP contribution in [0.15, 0.2) is 0 Å². The largest absolute Gasteiger partial charge is 0.395 e. The number of hydrogen-bond donors (Lipinski definition) is 2. The zero-order chi connectivity index (χ0) is 12.3. The molecule has 0 aromatic carbocycles. The summed E-state index contributed by atoms with van der Waals surface area (Å²) in [5.74, 6) is 0. The number of nitrogens with zero attached hydrogens (tertiary/aromatic N) is 2. The molecule has 0 aromatic rings. The van der Waals surface area contributed by atoms with E-state index in [-0.39, 0.29) is 12.6 Å². The minimum Gasteiger partial charge on any atom is -0.395 e. The van der Waals surface area contributed by atoms with Crippen LogP contribution in [0.2, 0.25) is 0 Å². The van der Waals surface area contributed by atoms with Gasteiger partial charge in [0.25, 0.3) is 0 Å². The number of likely N-dealkylation sites (tertiary alicyclic amines) is 1. The van der Waals surface area contributed by atoms with Gasteiger partial charge in [-0.2, -0.15) is 0 Å². The normalized spacial score (nSPS) is 27.9. The van der Waals surface area contributed by atoms with Gasteiger partial charge in [-0.05, 0) is 46.3 Å². The summed E-state index contributed by atoms with van der Waals surface area (Å²) in [7, 11) is 4.39. The number of likely N-dealkylation sites (N-methyl/N-ethyl adjacent to an activating group) is 2. The van der Waals surface area contributed by atoms with Gasteiger partial charge in [-0.25, -0.2) is 0 Å². The predicted molar refractivity (Wildman–Crippen MR) is 70.2 cm³/mol. The van der Waals surface area contributed by atoms with Gasteiger partial charge in [0.2, 0.25) is 0 Å². The molecule has 2 unspecified atom stereocenters. The average Bonchev–Trinajstić information content (AvgIpc) is 3.03. The molecule has 1 aliphatic carbocycles. The predicted octanol–water partition coefficient (Wildman–Crippen LogP) is 0.125. The highest BCUT2D eigenvalue weighted by Crippen LogP contribution is 2.20. The lowest BCUT2D eigenvalue weighted by Gasteiger charge is -2.28. The maximum atomic E-state index is 9.36. The van der Waals surface area contributed by atoms with Crippen LogP contribution in [-0.2, 0) is 0 Å². The summed E-state index contributed by atoms with van der Waals surface area (Å²) in [5.41, 5.74) is 0. The topological polar surface area (TPSA) is 38.7 Å². The first kappa shape index (κ1) is 13.3. The van der Waals surface area contributed by atoms with Crippen LogP contribution < -0.4 is 5.32 Å². The van der Waals surface area contributed by atoms with Gasteiger partial charge in [0.1, 0.15) is 0 Å². The summed E-state index contributed by atoms with van der Waals surface area (Å²) in [6.07, 6.45) is 5.22. The van der Waals surface area contributed by atoms with E-state index in [1.807, 2.05) is 0 Å². The average molecular weight is 241 g/mol. The molecule has 1 saturated heterocycles. The minimum atomic E-state index is 0.249. The zero-order valence-corrected chi connectivity index (χ0v) is 11.2. The van der Waals surface area contributed by atoms with Crippen molar-refractivity contribution >= 4 is 0 Å². The fourth-order valence-corrected chi connectivity index (χ4v) is 2.77. The lowest BCUT2D eigenvalue weighted by molar-refractivity contribution is 0.171. The quantitative estimate of drug-likeness (QED) is 0.664. The molecule has 0 radical (unpaired) electrons. The molecule has 0 spiro atoms. The Morgan fingerprint density at radius 2 is 2.18 bits per heavy atom. The molecule has 1 saturated carbocycles. The van der Waals surface area contributed by atoms with Crippen molar-refractivity contribution in [2.45, 2.75) is 43.8 Å². The molecule has 0 amide bonds. The van der Waals surface area contributed by atoms with Crippen molar-refractivity contribution in [3.63, 3.8) is 0 Å².